The number of carboxylic acid groups (broad SMARTS) is 1. The van der Waals surface area contributed by atoms with E-state index >= 15 is 0 Å². The second kappa shape index (κ2) is 11.1. The molecule has 2 aromatic rings. The van der Waals surface area contributed by atoms with Gasteiger partial charge < -0.3 is 20.5 Å². The molecule has 0 spiro atoms. The van der Waals surface area contributed by atoms with Crippen molar-refractivity contribution in [1.29, 1.82) is 0 Å². The maximum atomic E-state index is 12.4. The van der Waals surface area contributed by atoms with Gasteiger partial charge in [-0.1, -0.05) is 42.1 Å². The molecule has 2 atom stereocenters. The van der Waals surface area contributed by atoms with Crippen LogP contribution in [0.25, 0.3) is 0 Å². The third-order valence-corrected chi connectivity index (χ3v) is 5.61. The van der Waals surface area contributed by atoms with E-state index in [2.05, 4.69) is 20.8 Å². The third-order valence-electron chi connectivity index (χ3n) is 4.53. The number of carboxylic acids is 1. The number of carbonyl (C=O) groups is 3. The summed E-state index contributed by atoms with van der Waals surface area (Å²) in [7, 11) is 1.58. The van der Waals surface area contributed by atoms with Crippen molar-refractivity contribution in [2.45, 2.75) is 24.1 Å². The molecule has 32 heavy (non-hydrogen) atoms. The standard InChI is InChI=1S/C22H22N4O5S/c1-31-16-9-7-15(8-10-16)13-23-26-22-25-20(28)18(32-22)12-19(27)24-17(21(29)30)11-14-5-3-2-4-6-14/h2-10,13,17-18H,11-12H2,1H3,(H,24,27)(H,29,30)(H,25,26,28)/b23-13-/t17-,18+/m0/s1. The minimum absolute atomic E-state index is 0.151. The number of hydrogen-bond donors (Lipinski definition) is 3. The Morgan fingerprint density at radius 2 is 1.94 bits per heavy atom. The van der Waals surface area contributed by atoms with Gasteiger partial charge in [-0.15, -0.1) is 5.10 Å². The summed E-state index contributed by atoms with van der Waals surface area (Å²) < 4.78 is 5.09. The molecule has 1 aliphatic rings. The summed E-state index contributed by atoms with van der Waals surface area (Å²) in [5.41, 5.74) is 1.59. The fraction of sp³-hybridized carbons (Fsp3) is 0.227. The Bertz CT molecular complexity index is 1020. The second-order valence-corrected chi connectivity index (χ2v) is 8.06. The highest BCUT2D eigenvalue weighted by molar-refractivity contribution is 8.15. The summed E-state index contributed by atoms with van der Waals surface area (Å²) in [4.78, 5) is 36.0. The van der Waals surface area contributed by atoms with Crippen molar-refractivity contribution >= 4 is 40.9 Å². The minimum Gasteiger partial charge on any atom is -0.497 e. The molecule has 1 fully saturated rings. The molecular weight excluding hydrogens is 432 g/mol. The monoisotopic (exact) mass is 454 g/mol. The van der Waals surface area contributed by atoms with Crippen LogP contribution in [0.4, 0.5) is 0 Å². The van der Waals surface area contributed by atoms with E-state index in [1.54, 1.807) is 43.5 Å². The summed E-state index contributed by atoms with van der Waals surface area (Å²) >= 11 is 1.08. The van der Waals surface area contributed by atoms with E-state index in [1.807, 2.05) is 18.2 Å². The zero-order chi connectivity index (χ0) is 22.9. The van der Waals surface area contributed by atoms with E-state index in [-0.39, 0.29) is 23.9 Å². The molecule has 0 aromatic heterocycles. The van der Waals surface area contributed by atoms with Gasteiger partial charge in [0.15, 0.2) is 5.17 Å². The molecule has 2 amide bonds. The van der Waals surface area contributed by atoms with Crippen LogP contribution >= 0.6 is 11.8 Å². The fourth-order valence-electron chi connectivity index (χ4n) is 2.90. The number of thioether (sulfide) groups is 1. The number of amides is 2. The van der Waals surface area contributed by atoms with Gasteiger partial charge in [0, 0.05) is 12.8 Å². The molecule has 10 heteroatoms. The number of ether oxygens (including phenoxy) is 1. The van der Waals surface area contributed by atoms with Crippen molar-refractivity contribution < 1.29 is 24.2 Å². The second-order valence-electron chi connectivity index (χ2n) is 6.87. The summed E-state index contributed by atoms with van der Waals surface area (Å²) in [5, 5.41) is 22.0. The van der Waals surface area contributed by atoms with E-state index in [0.717, 1.165) is 28.6 Å². The number of rotatable bonds is 9. The first-order chi connectivity index (χ1) is 15.4. The molecule has 0 radical (unpaired) electrons. The Hall–Kier alpha value is -3.66. The molecule has 0 aliphatic carbocycles. The van der Waals surface area contributed by atoms with Crippen molar-refractivity contribution in [3.05, 3.63) is 65.7 Å². The van der Waals surface area contributed by atoms with Crippen LogP contribution < -0.4 is 15.4 Å². The van der Waals surface area contributed by atoms with E-state index < -0.39 is 23.2 Å². The smallest absolute Gasteiger partial charge is 0.326 e. The Morgan fingerprint density at radius 3 is 2.59 bits per heavy atom. The number of hydrogen-bond acceptors (Lipinski definition) is 7. The highest BCUT2D eigenvalue weighted by Crippen LogP contribution is 2.22. The largest absolute Gasteiger partial charge is 0.497 e. The number of aliphatic carboxylic acids is 1. The van der Waals surface area contributed by atoms with E-state index in [4.69, 9.17) is 4.74 Å². The lowest BCUT2D eigenvalue weighted by atomic mass is 10.1. The Kier molecular flexibility index (Phi) is 7.98. The molecule has 0 unspecified atom stereocenters. The molecule has 2 aromatic carbocycles. The SMILES string of the molecule is COc1ccc(/C=N\N=C2NC(=O)[C@@H](CC(=O)N[C@@H](Cc3ccccc3)C(=O)O)S2)cc1. The zero-order valence-corrected chi connectivity index (χ0v) is 18.0. The van der Waals surface area contributed by atoms with Crippen molar-refractivity contribution in [3.8, 4) is 5.75 Å². The highest BCUT2D eigenvalue weighted by atomic mass is 32.2. The minimum atomic E-state index is -1.14. The van der Waals surface area contributed by atoms with Crippen molar-refractivity contribution in [2.75, 3.05) is 7.11 Å². The molecule has 166 valence electrons. The van der Waals surface area contributed by atoms with Crippen LogP contribution in [0, 0.1) is 0 Å². The van der Waals surface area contributed by atoms with Crippen LogP contribution in [0.5, 0.6) is 5.75 Å². The van der Waals surface area contributed by atoms with E-state index in [9.17, 15) is 19.5 Å². The zero-order valence-electron chi connectivity index (χ0n) is 17.2. The average molecular weight is 455 g/mol. The number of benzene rings is 2. The number of nitrogens with zero attached hydrogens (tertiary/aromatic N) is 2. The number of carbonyl (C=O) groups excluding carboxylic acids is 2. The van der Waals surface area contributed by atoms with Crippen LogP contribution in [-0.2, 0) is 20.8 Å². The molecule has 3 N–H and O–H groups in total. The quantitative estimate of drug-likeness (QED) is 0.392. The summed E-state index contributed by atoms with van der Waals surface area (Å²) in [6.07, 6.45) is 1.51. The maximum Gasteiger partial charge on any atom is 0.326 e. The molecule has 1 heterocycles. The van der Waals surface area contributed by atoms with E-state index in [0.29, 0.717) is 0 Å². The number of methoxy groups -OCH3 is 1. The van der Waals surface area contributed by atoms with Gasteiger partial charge in [0.05, 0.1) is 13.3 Å². The molecular formula is C22H22N4O5S. The third kappa shape index (κ3) is 6.67. The van der Waals surface area contributed by atoms with Crippen LogP contribution in [0.15, 0.2) is 64.8 Å². The normalized spacial score (nSPS) is 17.8. The summed E-state index contributed by atoms with van der Waals surface area (Å²) in [5.74, 6) is -1.31. The summed E-state index contributed by atoms with van der Waals surface area (Å²) in [6, 6.07) is 15.1. The van der Waals surface area contributed by atoms with Crippen molar-refractivity contribution in [1.82, 2.24) is 10.6 Å². The maximum absolute atomic E-state index is 12.4. The number of nitrogens with one attached hydrogen (secondary N) is 2. The van der Waals surface area contributed by atoms with Gasteiger partial charge in [0.2, 0.25) is 11.8 Å². The van der Waals surface area contributed by atoms with Crippen LogP contribution in [0.2, 0.25) is 0 Å². The first-order valence-electron chi connectivity index (χ1n) is 9.73. The molecule has 1 saturated heterocycles. The topological polar surface area (TPSA) is 129 Å². The Morgan fingerprint density at radius 1 is 1.22 bits per heavy atom. The molecule has 9 nitrogen and oxygen atoms in total. The first kappa shape index (κ1) is 23.0. The summed E-state index contributed by atoms with van der Waals surface area (Å²) in [6.45, 7) is 0. The van der Waals surface area contributed by atoms with Crippen molar-refractivity contribution in [2.24, 2.45) is 10.2 Å². The van der Waals surface area contributed by atoms with Gasteiger partial charge in [0.25, 0.3) is 0 Å². The van der Waals surface area contributed by atoms with Gasteiger partial charge in [-0.05, 0) is 35.4 Å². The lowest BCUT2D eigenvalue weighted by Crippen LogP contribution is -2.43. The predicted octanol–water partition coefficient (Wildman–Crippen LogP) is 1.82. The number of amidine groups is 1. The molecule has 1 aliphatic heterocycles. The Labute approximate surface area is 189 Å². The van der Waals surface area contributed by atoms with Gasteiger partial charge in [0.1, 0.15) is 17.0 Å². The molecule has 0 saturated carbocycles. The van der Waals surface area contributed by atoms with Gasteiger partial charge in [-0.25, -0.2) is 4.79 Å². The van der Waals surface area contributed by atoms with Crippen LogP contribution in [-0.4, -0.2) is 52.7 Å². The fourth-order valence-corrected chi connectivity index (χ4v) is 3.82. The average Bonchev–Trinajstić information content (AvgIpc) is 3.13. The lowest BCUT2D eigenvalue weighted by Gasteiger charge is -2.15. The highest BCUT2D eigenvalue weighted by Gasteiger charge is 2.33. The van der Waals surface area contributed by atoms with E-state index in [1.165, 1.54) is 6.21 Å². The van der Waals surface area contributed by atoms with Gasteiger partial charge in [-0.3, -0.25) is 9.59 Å². The van der Waals surface area contributed by atoms with Gasteiger partial charge >= 0.3 is 5.97 Å². The first-order valence-corrected chi connectivity index (χ1v) is 10.6. The van der Waals surface area contributed by atoms with Crippen molar-refractivity contribution in [3.63, 3.8) is 0 Å². The molecule has 0 bridgehead atoms. The molecule has 3 rings (SSSR count). The van der Waals surface area contributed by atoms with Crippen LogP contribution in [0.3, 0.4) is 0 Å². The predicted molar refractivity (Wildman–Crippen MR) is 122 cm³/mol. The van der Waals surface area contributed by atoms with Gasteiger partial charge in [-0.2, -0.15) is 5.10 Å². The van der Waals surface area contributed by atoms with Crippen LogP contribution in [0.1, 0.15) is 17.5 Å². The Balaban J connectivity index is 1.53. The lowest BCUT2D eigenvalue weighted by molar-refractivity contribution is -0.141.